The highest BCUT2D eigenvalue weighted by Crippen LogP contribution is 2.09. The molecule has 1 unspecified atom stereocenters. The van der Waals surface area contributed by atoms with Crippen molar-refractivity contribution in [1.29, 1.82) is 0 Å². The summed E-state index contributed by atoms with van der Waals surface area (Å²) in [6.07, 6.45) is 2.58. The minimum atomic E-state index is -1.01. The van der Waals surface area contributed by atoms with Crippen LogP contribution >= 0.6 is 23.2 Å². The third-order valence-corrected chi connectivity index (χ3v) is 1.36. The Kier molecular flexibility index (Phi) is 6.71. The Balaban J connectivity index is 3.22. The number of carbonyl (C=O) groups is 1. The molecule has 0 bridgehead atoms. The third-order valence-electron chi connectivity index (χ3n) is 1.00. The lowest BCUT2D eigenvalue weighted by Crippen LogP contribution is -2.06. The quantitative estimate of drug-likeness (QED) is 0.296. The Morgan fingerprint density at radius 1 is 1.64 bits per heavy atom. The second-order valence-corrected chi connectivity index (χ2v) is 2.76. The topological polar surface area (TPSA) is 35.5 Å². The van der Waals surface area contributed by atoms with Crippen molar-refractivity contribution in [3.63, 3.8) is 0 Å². The molecule has 0 radical (unpaired) electrons. The Morgan fingerprint density at radius 2 is 2.27 bits per heavy atom. The second kappa shape index (κ2) is 6.70. The van der Waals surface area contributed by atoms with Crippen LogP contribution in [0.3, 0.4) is 0 Å². The summed E-state index contributed by atoms with van der Waals surface area (Å²) >= 11 is 10.4. The summed E-state index contributed by atoms with van der Waals surface area (Å²) in [6.45, 7) is 2.02. The van der Waals surface area contributed by atoms with E-state index < -0.39 is 11.0 Å². The first-order valence-electron chi connectivity index (χ1n) is 3.33. The fourth-order valence-electron chi connectivity index (χ4n) is 0.503. The van der Waals surface area contributed by atoms with Gasteiger partial charge in [-0.3, -0.25) is 4.89 Å². The zero-order valence-corrected chi connectivity index (χ0v) is 7.69. The molecule has 0 aliphatic rings. The van der Waals surface area contributed by atoms with E-state index in [4.69, 9.17) is 23.2 Å². The van der Waals surface area contributed by atoms with Crippen LogP contribution in [-0.4, -0.2) is 11.0 Å². The van der Waals surface area contributed by atoms with Gasteiger partial charge in [-0.25, -0.2) is 4.79 Å². The molecule has 0 aromatic carbocycles. The summed E-state index contributed by atoms with van der Waals surface area (Å²) < 4.78 is 0. The Bertz CT molecular complexity index is 118. The lowest BCUT2D eigenvalue weighted by molar-refractivity contribution is -0.245. The second-order valence-electron chi connectivity index (χ2n) is 1.97. The van der Waals surface area contributed by atoms with E-state index in [0.29, 0.717) is 6.42 Å². The van der Waals surface area contributed by atoms with Gasteiger partial charge in [-0.15, -0.1) is 0 Å². The maximum absolute atomic E-state index is 9.98. The van der Waals surface area contributed by atoms with Crippen molar-refractivity contribution >= 4 is 28.6 Å². The van der Waals surface area contributed by atoms with Crippen LogP contribution in [0.2, 0.25) is 0 Å². The van der Waals surface area contributed by atoms with Crippen molar-refractivity contribution < 1.29 is 14.6 Å². The van der Waals surface area contributed by atoms with E-state index in [1.807, 2.05) is 6.92 Å². The number of unbranched alkanes of at least 4 members (excludes halogenated alkanes) is 1. The smallest absolute Gasteiger partial charge is 0.279 e. The monoisotopic (exact) mass is 200 g/mol. The van der Waals surface area contributed by atoms with Crippen molar-refractivity contribution in [1.82, 2.24) is 0 Å². The molecule has 66 valence electrons. The fourth-order valence-corrected chi connectivity index (χ4v) is 0.730. The lowest BCUT2D eigenvalue weighted by atomic mass is 10.3. The van der Waals surface area contributed by atoms with E-state index in [9.17, 15) is 4.79 Å². The van der Waals surface area contributed by atoms with Gasteiger partial charge in [0.1, 0.15) is 0 Å². The van der Waals surface area contributed by atoms with Gasteiger partial charge in [0.05, 0.1) is 0 Å². The molecule has 0 saturated heterocycles. The van der Waals surface area contributed by atoms with Crippen LogP contribution in [0.1, 0.15) is 26.2 Å². The summed E-state index contributed by atoms with van der Waals surface area (Å²) in [6, 6.07) is 0. The van der Waals surface area contributed by atoms with Crippen LogP contribution in [0.4, 0.5) is 4.79 Å². The highest BCUT2D eigenvalue weighted by Gasteiger charge is 2.07. The average Bonchev–Trinajstić information content (AvgIpc) is 1.97. The molecule has 0 rings (SSSR count). The summed E-state index contributed by atoms with van der Waals surface area (Å²) in [4.78, 5) is 18.4. The molecule has 0 fully saturated rings. The SMILES string of the molecule is CCCCC(Cl)OOC(=O)Cl. The minimum absolute atomic E-state index is 0.599. The van der Waals surface area contributed by atoms with Gasteiger partial charge in [0, 0.05) is 11.6 Å². The van der Waals surface area contributed by atoms with Gasteiger partial charge < -0.3 is 0 Å². The highest BCUT2D eigenvalue weighted by atomic mass is 35.5. The summed E-state index contributed by atoms with van der Waals surface area (Å²) in [5, 5.41) is 0. The van der Waals surface area contributed by atoms with E-state index in [2.05, 4.69) is 9.78 Å². The van der Waals surface area contributed by atoms with Crippen LogP contribution in [0.25, 0.3) is 0 Å². The Hall–Kier alpha value is 0.01000. The molecule has 0 aliphatic carbocycles. The zero-order chi connectivity index (χ0) is 8.69. The lowest BCUT2D eigenvalue weighted by Gasteiger charge is -2.05. The van der Waals surface area contributed by atoms with Gasteiger partial charge in [0.2, 0.25) is 0 Å². The number of halogens is 2. The van der Waals surface area contributed by atoms with Crippen LogP contribution in [0.5, 0.6) is 0 Å². The number of alkyl halides is 1. The molecule has 0 aliphatic heterocycles. The fraction of sp³-hybridized carbons (Fsp3) is 0.833. The van der Waals surface area contributed by atoms with Gasteiger partial charge in [0.15, 0.2) is 5.56 Å². The van der Waals surface area contributed by atoms with E-state index in [0.717, 1.165) is 12.8 Å². The third kappa shape index (κ3) is 7.91. The first-order valence-corrected chi connectivity index (χ1v) is 4.15. The van der Waals surface area contributed by atoms with Crippen LogP contribution in [-0.2, 0) is 9.78 Å². The maximum atomic E-state index is 9.98. The molecule has 0 heterocycles. The van der Waals surface area contributed by atoms with Crippen molar-refractivity contribution in [2.45, 2.75) is 31.7 Å². The Morgan fingerprint density at radius 3 is 2.73 bits per heavy atom. The number of rotatable bonds is 5. The zero-order valence-electron chi connectivity index (χ0n) is 6.18. The minimum Gasteiger partial charge on any atom is -0.279 e. The molecule has 3 nitrogen and oxygen atoms in total. The van der Waals surface area contributed by atoms with E-state index >= 15 is 0 Å². The maximum Gasteiger partial charge on any atom is 0.435 e. The highest BCUT2D eigenvalue weighted by molar-refractivity contribution is 6.61. The van der Waals surface area contributed by atoms with Gasteiger partial charge in [0.25, 0.3) is 0 Å². The molecule has 0 spiro atoms. The predicted molar refractivity (Wildman–Crippen MR) is 42.6 cm³/mol. The van der Waals surface area contributed by atoms with Crippen molar-refractivity contribution in [3.8, 4) is 0 Å². The molecular weight excluding hydrogens is 191 g/mol. The van der Waals surface area contributed by atoms with Crippen molar-refractivity contribution in [2.24, 2.45) is 0 Å². The molecule has 1 atom stereocenters. The van der Waals surface area contributed by atoms with Gasteiger partial charge in [-0.2, -0.15) is 4.89 Å². The van der Waals surface area contributed by atoms with Gasteiger partial charge >= 0.3 is 5.43 Å². The molecular formula is C6H10Cl2O3. The number of hydrogen-bond donors (Lipinski definition) is 0. The Labute approximate surface area is 75.5 Å². The van der Waals surface area contributed by atoms with Gasteiger partial charge in [-0.05, 0) is 12.8 Å². The number of hydrogen-bond acceptors (Lipinski definition) is 3. The number of carbonyl (C=O) groups excluding carboxylic acids is 1. The molecule has 0 aromatic rings. The summed E-state index contributed by atoms with van der Waals surface area (Å²) in [5.74, 6) is 0. The van der Waals surface area contributed by atoms with Crippen LogP contribution in [0.15, 0.2) is 0 Å². The standard InChI is InChI=1S/C6H10Cl2O3/c1-2-3-4-5(7)10-11-6(8)9/h5H,2-4H2,1H3. The predicted octanol–water partition coefficient (Wildman–Crippen LogP) is 3.05. The van der Waals surface area contributed by atoms with Crippen molar-refractivity contribution in [2.75, 3.05) is 0 Å². The molecule has 11 heavy (non-hydrogen) atoms. The van der Waals surface area contributed by atoms with Crippen molar-refractivity contribution in [3.05, 3.63) is 0 Å². The summed E-state index contributed by atoms with van der Waals surface area (Å²) in [5.41, 5.74) is -1.61. The molecule has 0 amide bonds. The molecule has 0 saturated carbocycles. The van der Waals surface area contributed by atoms with Gasteiger partial charge in [-0.1, -0.05) is 24.9 Å². The first kappa shape index (κ1) is 11.0. The van der Waals surface area contributed by atoms with E-state index in [-0.39, 0.29) is 0 Å². The van der Waals surface area contributed by atoms with E-state index in [1.165, 1.54) is 0 Å². The average molecular weight is 201 g/mol. The molecule has 0 aromatic heterocycles. The normalized spacial score (nSPS) is 12.6. The molecule has 0 N–H and O–H groups in total. The first-order chi connectivity index (χ1) is 5.16. The van der Waals surface area contributed by atoms with Crippen LogP contribution < -0.4 is 0 Å². The van der Waals surface area contributed by atoms with Crippen LogP contribution in [0, 0.1) is 0 Å². The molecule has 5 heteroatoms. The largest absolute Gasteiger partial charge is 0.435 e. The van der Waals surface area contributed by atoms with E-state index in [1.54, 1.807) is 0 Å². The summed E-state index contributed by atoms with van der Waals surface area (Å²) in [7, 11) is 0.